The average Bonchev–Trinajstić information content (AvgIpc) is 3.18. The summed E-state index contributed by atoms with van der Waals surface area (Å²) in [6.07, 6.45) is 5.28. The summed E-state index contributed by atoms with van der Waals surface area (Å²) in [7, 11) is 0. The first kappa shape index (κ1) is 16.6. The molecule has 4 aromatic rings. The van der Waals surface area contributed by atoms with Gasteiger partial charge in [0, 0.05) is 56.4 Å². The molecule has 0 aliphatic carbocycles. The highest BCUT2D eigenvalue weighted by atomic mass is 19.1. The monoisotopic (exact) mass is 376 g/mol. The molecule has 8 heteroatoms. The second kappa shape index (κ2) is 6.88. The lowest BCUT2D eigenvalue weighted by molar-refractivity contribution is 0.536. The number of halogens is 1. The highest BCUT2D eigenvalue weighted by Crippen LogP contribution is 2.25. The molecule has 0 spiro atoms. The summed E-state index contributed by atoms with van der Waals surface area (Å²) in [4.78, 5) is 21.8. The Bertz CT molecular complexity index is 1110. The fourth-order valence-corrected chi connectivity index (χ4v) is 3.30. The van der Waals surface area contributed by atoms with Crippen LogP contribution in [0.1, 0.15) is 0 Å². The van der Waals surface area contributed by atoms with Crippen molar-refractivity contribution in [3.8, 4) is 11.3 Å². The lowest BCUT2D eigenvalue weighted by atomic mass is 10.2. The van der Waals surface area contributed by atoms with Crippen LogP contribution < -0.4 is 9.80 Å². The molecule has 0 radical (unpaired) electrons. The second-order valence-electron chi connectivity index (χ2n) is 6.56. The Kier molecular flexibility index (Phi) is 4.08. The van der Waals surface area contributed by atoms with Crippen LogP contribution in [0.25, 0.3) is 22.4 Å². The third-order valence-corrected chi connectivity index (χ3v) is 4.79. The molecule has 1 saturated heterocycles. The molecule has 0 saturated carbocycles. The van der Waals surface area contributed by atoms with E-state index < -0.39 is 0 Å². The number of rotatable bonds is 3. The van der Waals surface area contributed by atoms with Gasteiger partial charge in [-0.25, -0.2) is 14.4 Å². The predicted octanol–water partition coefficient (Wildman–Crippen LogP) is 3.15. The minimum absolute atomic E-state index is 0.328. The molecule has 28 heavy (non-hydrogen) atoms. The van der Waals surface area contributed by atoms with E-state index in [-0.39, 0.29) is 5.82 Å². The SMILES string of the molecule is Fc1ccc2nc(N3CCN(c4nccc(-c5ccncc5)n4)CC3)oc2c1. The van der Waals surface area contributed by atoms with Crippen LogP contribution in [0.4, 0.5) is 16.4 Å². The second-order valence-corrected chi connectivity index (χ2v) is 6.56. The molecule has 4 heterocycles. The molecule has 0 unspecified atom stereocenters. The van der Waals surface area contributed by atoms with Crippen molar-refractivity contribution in [2.45, 2.75) is 0 Å². The molecule has 1 aromatic carbocycles. The number of hydrogen-bond acceptors (Lipinski definition) is 7. The van der Waals surface area contributed by atoms with Gasteiger partial charge < -0.3 is 14.2 Å². The summed E-state index contributed by atoms with van der Waals surface area (Å²) in [6.45, 7) is 2.93. The van der Waals surface area contributed by atoms with E-state index in [2.05, 4.69) is 24.8 Å². The standard InChI is InChI=1S/C20H17FN6O/c21-15-1-2-17-18(13-15)28-20(25-17)27-11-9-26(10-12-27)19-23-8-5-16(24-19)14-3-6-22-7-4-14/h1-8,13H,9-12H2. The van der Waals surface area contributed by atoms with Gasteiger partial charge in [-0.15, -0.1) is 0 Å². The van der Waals surface area contributed by atoms with Crippen molar-refractivity contribution in [2.75, 3.05) is 36.0 Å². The highest BCUT2D eigenvalue weighted by molar-refractivity contribution is 5.74. The quantitative estimate of drug-likeness (QED) is 0.544. The predicted molar refractivity (Wildman–Crippen MR) is 104 cm³/mol. The summed E-state index contributed by atoms with van der Waals surface area (Å²) in [5, 5.41) is 0. The van der Waals surface area contributed by atoms with Gasteiger partial charge in [0.25, 0.3) is 6.01 Å². The topological polar surface area (TPSA) is 71.2 Å². The average molecular weight is 376 g/mol. The van der Waals surface area contributed by atoms with Gasteiger partial charge in [0.1, 0.15) is 11.3 Å². The van der Waals surface area contributed by atoms with Crippen LogP contribution in [0.15, 0.2) is 59.4 Å². The Morgan fingerprint density at radius 2 is 1.64 bits per heavy atom. The van der Waals surface area contributed by atoms with Crippen molar-refractivity contribution >= 4 is 23.1 Å². The third-order valence-electron chi connectivity index (χ3n) is 4.79. The van der Waals surface area contributed by atoms with E-state index in [4.69, 9.17) is 9.40 Å². The fraction of sp³-hybridized carbons (Fsp3) is 0.200. The molecule has 0 atom stereocenters. The normalized spacial score (nSPS) is 14.6. The van der Waals surface area contributed by atoms with Crippen molar-refractivity contribution in [1.29, 1.82) is 0 Å². The number of nitrogens with zero attached hydrogens (tertiary/aromatic N) is 6. The molecule has 140 valence electrons. The summed E-state index contributed by atoms with van der Waals surface area (Å²) in [5.74, 6) is 0.375. The molecule has 1 aliphatic heterocycles. The van der Waals surface area contributed by atoms with Crippen LogP contribution in [0.3, 0.4) is 0 Å². The lowest BCUT2D eigenvalue weighted by Crippen LogP contribution is -2.47. The number of fused-ring (bicyclic) bond motifs is 1. The summed E-state index contributed by atoms with van der Waals surface area (Å²) >= 11 is 0. The lowest BCUT2D eigenvalue weighted by Gasteiger charge is -2.33. The minimum Gasteiger partial charge on any atom is -0.423 e. The fourth-order valence-electron chi connectivity index (χ4n) is 3.30. The van der Waals surface area contributed by atoms with Crippen molar-refractivity contribution in [1.82, 2.24) is 19.9 Å². The van der Waals surface area contributed by atoms with Gasteiger partial charge in [-0.3, -0.25) is 4.98 Å². The first-order valence-corrected chi connectivity index (χ1v) is 9.06. The number of pyridine rings is 1. The van der Waals surface area contributed by atoms with Crippen molar-refractivity contribution in [3.63, 3.8) is 0 Å². The van der Waals surface area contributed by atoms with E-state index in [0.717, 1.165) is 37.4 Å². The molecule has 7 nitrogen and oxygen atoms in total. The minimum atomic E-state index is -0.328. The van der Waals surface area contributed by atoms with Gasteiger partial charge in [0.2, 0.25) is 5.95 Å². The summed E-state index contributed by atoms with van der Waals surface area (Å²) in [5.41, 5.74) is 3.00. The molecule has 0 amide bonds. The van der Waals surface area contributed by atoms with E-state index in [9.17, 15) is 4.39 Å². The first-order chi connectivity index (χ1) is 13.8. The number of benzene rings is 1. The zero-order valence-electron chi connectivity index (χ0n) is 15.0. The van der Waals surface area contributed by atoms with Crippen LogP contribution in [-0.2, 0) is 0 Å². The number of anilines is 2. The maximum atomic E-state index is 13.4. The number of hydrogen-bond donors (Lipinski definition) is 0. The van der Waals surface area contributed by atoms with Crippen LogP contribution >= 0.6 is 0 Å². The maximum Gasteiger partial charge on any atom is 0.298 e. The van der Waals surface area contributed by atoms with Gasteiger partial charge in [-0.2, -0.15) is 4.98 Å². The van der Waals surface area contributed by atoms with Gasteiger partial charge in [-0.1, -0.05) is 0 Å². The Morgan fingerprint density at radius 1 is 0.857 bits per heavy atom. The van der Waals surface area contributed by atoms with E-state index in [1.165, 1.54) is 12.1 Å². The van der Waals surface area contributed by atoms with Crippen molar-refractivity contribution < 1.29 is 8.81 Å². The Balaban J connectivity index is 1.31. The Morgan fingerprint density at radius 3 is 2.46 bits per heavy atom. The molecule has 1 fully saturated rings. The van der Waals surface area contributed by atoms with Gasteiger partial charge >= 0.3 is 0 Å². The molecule has 0 bridgehead atoms. The van der Waals surface area contributed by atoms with Crippen LogP contribution in [-0.4, -0.2) is 46.1 Å². The van der Waals surface area contributed by atoms with E-state index in [1.807, 2.05) is 18.2 Å². The van der Waals surface area contributed by atoms with Crippen LogP contribution in [0, 0.1) is 5.82 Å². The summed E-state index contributed by atoms with van der Waals surface area (Å²) in [6, 6.07) is 10.7. The zero-order valence-corrected chi connectivity index (χ0v) is 15.0. The number of aromatic nitrogens is 4. The van der Waals surface area contributed by atoms with Crippen molar-refractivity contribution in [2.24, 2.45) is 0 Å². The van der Waals surface area contributed by atoms with Crippen LogP contribution in [0.5, 0.6) is 0 Å². The van der Waals surface area contributed by atoms with E-state index in [0.29, 0.717) is 23.1 Å². The molecule has 3 aromatic heterocycles. The van der Waals surface area contributed by atoms with Gasteiger partial charge in [-0.05, 0) is 30.3 Å². The Labute approximate surface area is 160 Å². The molecular formula is C20H17FN6O. The van der Waals surface area contributed by atoms with E-state index >= 15 is 0 Å². The Hall–Kier alpha value is -3.55. The van der Waals surface area contributed by atoms with Gasteiger partial charge in [0.05, 0.1) is 5.69 Å². The molecule has 0 N–H and O–H groups in total. The molecule has 1 aliphatic rings. The van der Waals surface area contributed by atoms with Gasteiger partial charge in [0.15, 0.2) is 5.58 Å². The molecular weight excluding hydrogens is 359 g/mol. The summed E-state index contributed by atoms with van der Waals surface area (Å²) < 4.78 is 19.1. The number of oxazole rings is 1. The largest absolute Gasteiger partial charge is 0.423 e. The highest BCUT2D eigenvalue weighted by Gasteiger charge is 2.23. The van der Waals surface area contributed by atoms with E-state index in [1.54, 1.807) is 24.7 Å². The smallest absolute Gasteiger partial charge is 0.298 e. The number of piperazine rings is 1. The van der Waals surface area contributed by atoms with Crippen LogP contribution in [0.2, 0.25) is 0 Å². The first-order valence-electron chi connectivity index (χ1n) is 9.06. The third kappa shape index (κ3) is 3.13. The van der Waals surface area contributed by atoms with Crippen molar-refractivity contribution in [3.05, 3.63) is 60.8 Å². The maximum absolute atomic E-state index is 13.4. The zero-order chi connectivity index (χ0) is 18.9. The molecule has 5 rings (SSSR count).